The smallest absolute Gasteiger partial charge is 0.319 e. The molecular formula is C30H50N4O7S. The highest BCUT2D eigenvalue weighted by atomic mass is 32.2. The molecule has 4 atom stereocenters. The molecule has 0 saturated heterocycles. The summed E-state index contributed by atoms with van der Waals surface area (Å²) < 4.78 is 38.0. The third-order valence-corrected chi connectivity index (χ3v) is 9.53. The van der Waals surface area contributed by atoms with Crippen LogP contribution < -0.4 is 15.4 Å². The predicted molar refractivity (Wildman–Crippen MR) is 163 cm³/mol. The fraction of sp³-hybridized carbons (Fsp3) is 0.733. The molecule has 1 aliphatic heterocycles. The van der Waals surface area contributed by atoms with Crippen LogP contribution in [0.5, 0.6) is 5.75 Å². The Balaban J connectivity index is 1.91. The van der Waals surface area contributed by atoms with Gasteiger partial charge >= 0.3 is 6.03 Å². The van der Waals surface area contributed by atoms with Crippen LogP contribution in [0, 0.1) is 5.92 Å². The number of ether oxygens (including phenoxy) is 2. The van der Waals surface area contributed by atoms with Gasteiger partial charge in [0.15, 0.2) is 0 Å². The molecule has 0 unspecified atom stereocenters. The zero-order valence-electron chi connectivity index (χ0n) is 25.8. The molecule has 1 aromatic rings. The van der Waals surface area contributed by atoms with Crippen molar-refractivity contribution in [3.05, 3.63) is 23.8 Å². The zero-order chi connectivity index (χ0) is 30.9. The number of amides is 3. The van der Waals surface area contributed by atoms with Crippen molar-refractivity contribution in [1.29, 1.82) is 0 Å². The second kappa shape index (κ2) is 15.9. The van der Waals surface area contributed by atoms with Gasteiger partial charge in [-0.2, -0.15) is 0 Å². The number of anilines is 1. The molecule has 3 rings (SSSR count). The fourth-order valence-corrected chi connectivity index (χ4v) is 5.87. The van der Waals surface area contributed by atoms with Crippen molar-refractivity contribution in [1.82, 2.24) is 14.5 Å². The maximum absolute atomic E-state index is 14.2. The van der Waals surface area contributed by atoms with Gasteiger partial charge in [0, 0.05) is 44.4 Å². The van der Waals surface area contributed by atoms with E-state index in [-0.39, 0.29) is 55.3 Å². The Bertz CT molecular complexity index is 1140. The van der Waals surface area contributed by atoms with E-state index in [1.807, 2.05) is 13.8 Å². The minimum atomic E-state index is -3.43. The molecule has 0 bridgehead atoms. The van der Waals surface area contributed by atoms with Crippen LogP contribution in [0.1, 0.15) is 82.5 Å². The number of urea groups is 1. The van der Waals surface area contributed by atoms with E-state index >= 15 is 0 Å². The number of rotatable bonds is 7. The number of nitrogens with one attached hydrogen (secondary N) is 2. The van der Waals surface area contributed by atoms with Gasteiger partial charge in [-0.15, -0.1) is 0 Å². The molecule has 238 valence electrons. The van der Waals surface area contributed by atoms with E-state index in [9.17, 15) is 23.1 Å². The van der Waals surface area contributed by atoms with E-state index in [0.29, 0.717) is 18.0 Å². The number of nitrogens with zero attached hydrogens (tertiary/aromatic N) is 2. The average molecular weight is 611 g/mol. The van der Waals surface area contributed by atoms with Crippen molar-refractivity contribution in [3.63, 3.8) is 0 Å². The minimum Gasteiger partial charge on any atom is -0.490 e. The molecular weight excluding hydrogens is 560 g/mol. The van der Waals surface area contributed by atoms with Gasteiger partial charge in [-0.1, -0.05) is 26.2 Å². The lowest BCUT2D eigenvalue weighted by Crippen LogP contribution is -2.48. The Kier molecular flexibility index (Phi) is 12.9. The molecule has 1 aliphatic carbocycles. The lowest BCUT2D eigenvalue weighted by molar-refractivity contribution is -0.00828. The van der Waals surface area contributed by atoms with Crippen LogP contribution in [0.25, 0.3) is 0 Å². The van der Waals surface area contributed by atoms with Crippen LogP contribution >= 0.6 is 0 Å². The van der Waals surface area contributed by atoms with Crippen LogP contribution in [0.2, 0.25) is 0 Å². The van der Waals surface area contributed by atoms with Gasteiger partial charge in [-0.3, -0.25) is 4.79 Å². The van der Waals surface area contributed by atoms with Crippen molar-refractivity contribution >= 4 is 27.6 Å². The number of hydrogen-bond acceptors (Lipinski definition) is 7. The first-order valence-corrected chi connectivity index (χ1v) is 17.1. The summed E-state index contributed by atoms with van der Waals surface area (Å²) in [5, 5.41) is 16.0. The molecule has 0 radical (unpaired) electrons. The summed E-state index contributed by atoms with van der Waals surface area (Å²) in [4.78, 5) is 28.5. The summed E-state index contributed by atoms with van der Waals surface area (Å²) in [7, 11) is -1.91. The Morgan fingerprint density at radius 2 is 1.83 bits per heavy atom. The third kappa shape index (κ3) is 10.1. The lowest BCUT2D eigenvalue weighted by atomic mass is 9.96. The van der Waals surface area contributed by atoms with Gasteiger partial charge in [0.05, 0.1) is 36.7 Å². The molecule has 0 aromatic heterocycles. The van der Waals surface area contributed by atoms with Crippen molar-refractivity contribution in [2.75, 3.05) is 44.9 Å². The van der Waals surface area contributed by atoms with E-state index in [4.69, 9.17) is 9.47 Å². The van der Waals surface area contributed by atoms with E-state index in [1.165, 1.54) is 17.8 Å². The molecule has 1 heterocycles. The topological polar surface area (TPSA) is 138 Å². The molecule has 1 aromatic carbocycles. The van der Waals surface area contributed by atoms with E-state index in [0.717, 1.165) is 51.2 Å². The number of aliphatic hydroxyl groups is 1. The number of likely N-dealkylation sites (N-methyl/N-ethyl adjacent to an activating group) is 1. The quantitative estimate of drug-likeness (QED) is 0.427. The second-order valence-electron chi connectivity index (χ2n) is 12.0. The summed E-state index contributed by atoms with van der Waals surface area (Å²) >= 11 is 0. The molecule has 1 fully saturated rings. The predicted octanol–water partition coefficient (Wildman–Crippen LogP) is 3.83. The Labute approximate surface area is 251 Å². The fourth-order valence-electron chi connectivity index (χ4n) is 5.45. The molecule has 0 spiro atoms. The third-order valence-electron chi connectivity index (χ3n) is 8.25. The molecule has 12 heteroatoms. The van der Waals surface area contributed by atoms with Gasteiger partial charge < -0.3 is 30.1 Å². The number of carbonyl (C=O) groups excluding carboxylic acids is 2. The second-order valence-corrected chi connectivity index (χ2v) is 14.1. The number of carbonyl (C=O) groups is 2. The van der Waals surface area contributed by atoms with Crippen LogP contribution in [-0.2, 0) is 14.8 Å². The molecule has 42 heavy (non-hydrogen) atoms. The van der Waals surface area contributed by atoms with Crippen molar-refractivity contribution in [2.45, 2.75) is 96.4 Å². The van der Waals surface area contributed by atoms with Crippen LogP contribution in [0.3, 0.4) is 0 Å². The Hall–Kier alpha value is -2.41. The standard InChI is InChI=1S/C30H50N4O7S/c1-21-18-34(22(2)20-35)29(36)26-17-25(32-30(37)31-24-12-7-6-8-13-24)14-15-27(26)41-23(3)11-9-10-16-40-28(21)19-33(4)42(5,38)39/h14-15,17,21-24,28,35H,6-13,16,18-20H2,1-5H3,(H2,31,32,37)/t21-,22+,23-,28+/m1/s1. The van der Waals surface area contributed by atoms with E-state index in [1.54, 1.807) is 30.0 Å². The molecule has 3 amide bonds. The summed E-state index contributed by atoms with van der Waals surface area (Å²) in [6, 6.07) is 4.37. The summed E-state index contributed by atoms with van der Waals surface area (Å²) in [5.41, 5.74) is 0.751. The van der Waals surface area contributed by atoms with Gasteiger partial charge in [0.2, 0.25) is 10.0 Å². The number of hydrogen-bond donors (Lipinski definition) is 3. The van der Waals surface area contributed by atoms with Crippen molar-refractivity contribution in [2.24, 2.45) is 5.92 Å². The highest BCUT2D eigenvalue weighted by Gasteiger charge is 2.31. The highest BCUT2D eigenvalue weighted by Crippen LogP contribution is 2.29. The van der Waals surface area contributed by atoms with Gasteiger partial charge in [0.25, 0.3) is 5.91 Å². The number of benzene rings is 1. The first-order chi connectivity index (χ1) is 19.9. The van der Waals surface area contributed by atoms with Crippen LogP contribution in [-0.4, -0.2) is 98.6 Å². The van der Waals surface area contributed by atoms with Crippen LogP contribution in [0.4, 0.5) is 10.5 Å². The van der Waals surface area contributed by atoms with Gasteiger partial charge in [-0.25, -0.2) is 17.5 Å². The first-order valence-electron chi connectivity index (χ1n) is 15.2. The van der Waals surface area contributed by atoms with Crippen LogP contribution in [0.15, 0.2) is 18.2 Å². The van der Waals surface area contributed by atoms with E-state index in [2.05, 4.69) is 10.6 Å². The summed E-state index contributed by atoms with van der Waals surface area (Å²) in [6.45, 7) is 6.19. The molecule has 11 nitrogen and oxygen atoms in total. The minimum absolute atomic E-state index is 0.140. The lowest BCUT2D eigenvalue weighted by Gasteiger charge is -2.35. The molecule has 2 aliphatic rings. The summed E-state index contributed by atoms with van der Waals surface area (Å²) in [5.74, 6) is -0.189. The van der Waals surface area contributed by atoms with Gasteiger partial charge in [-0.05, 0) is 64.2 Å². The zero-order valence-corrected chi connectivity index (χ0v) is 26.6. The van der Waals surface area contributed by atoms with Gasteiger partial charge in [0.1, 0.15) is 5.75 Å². The Morgan fingerprint density at radius 1 is 1.14 bits per heavy atom. The molecule has 1 saturated carbocycles. The van der Waals surface area contributed by atoms with Crippen molar-refractivity contribution < 1.29 is 32.6 Å². The van der Waals surface area contributed by atoms with E-state index < -0.39 is 22.2 Å². The summed E-state index contributed by atoms with van der Waals surface area (Å²) in [6.07, 6.45) is 8.17. The average Bonchev–Trinajstić information content (AvgIpc) is 2.94. The largest absolute Gasteiger partial charge is 0.490 e. The maximum atomic E-state index is 14.2. The normalized spacial score (nSPS) is 24.3. The van der Waals surface area contributed by atoms with Crippen molar-refractivity contribution in [3.8, 4) is 5.75 Å². The Morgan fingerprint density at radius 3 is 2.50 bits per heavy atom. The number of aliphatic hydroxyl groups excluding tert-OH is 1. The molecule has 3 N–H and O–H groups in total. The highest BCUT2D eigenvalue weighted by molar-refractivity contribution is 7.88. The maximum Gasteiger partial charge on any atom is 0.319 e. The SMILES string of the molecule is C[C@@H]1CCCCO[C@@H](CN(C)S(C)(=O)=O)[C@H](C)CN([C@@H](C)CO)C(=O)c2cc(NC(=O)NC3CCCCC3)ccc2O1. The first kappa shape index (κ1) is 34.1. The number of fused-ring (bicyclic) bond motifs is 1. The number of sulfonamides is 1. The monoisotopic (exact) mass is 610 g/mol.